The molecule has 2 aliphatic carbocycles. The average Bonchev–Trinajstić information content (AvgIpc) is 3.80. The first-order chi connectivity index (χ1) is 19.9. The Morgan fingerprint density at radius 2 is 1.71 bits per heavy atom. The highest BCUT2D eigenvalue weighted by Crippen LogP contribution is 2.46. The highest BCUT2D eigenvalue weighted by Gasteiger charge is 2.40. The molecule has 6 rings (SSSR count). The minimum atomic E-state index is -4.44. The number of nitrogens with zero attached hydrogens (tertiary/aromatic N) is 1. The van der Waals surface area contributed by atoms with Crippen LogP contribution in [-0.4, -0.2) is 43.2 Å². The first kappa shape index (κ1) is 29.7. The fourth-order valence-corrected chi connectivity index (χ4v) is 7.96. The number of nitrogens with one attached hydrogen (secondary N) is 1. The number of hydrogen-bond acceptors (Lipinski definition) is 5. The summed E-state index contributed by atoms with van der Waals surface area (Å²) >= 11 is 6.31. The van der Waals surface area contributed by atoms with E-state index in [1.807, 2.05) is 4.72 Å². The number of amides is 1. The molecule has 0 spiro atoms. The van der Waals surface area contributed by atoms with Gasteiger partial charge in [-0.3, -0.25) is 9.69 Å². The van der Waals surface area contributed by atoms with E-state index in [9.17, 15) is 26.4 Å². The van der Waals surface area contributed by atoms with E-state index >= 15 is 4.39 Å². The summed E-state index contributed by atoms with van der Waals surface area (Å²) in [6.45, 7) is 0.703. The number of carbonyl (C=O) groups excluding carboxylic acids is 1. The predicted molar refractivity (Wildman–Crippen MR) is 149 cm³/mol. The fourth-order valence-electron chi connectivity index (χ4n) is 6.49. The van der Waals surface area contributed by atoms with Gasteiger partial charge in [-0.25, -0.2) is 17.5 Å². The van der Waals surface area contributed by atoms with Crippen molar-refractivity contribution in [2.75, 3.05) is 6.61 Å². The second-order valence-electron chi connectivity index (χ2n) is 12.2. The molecule has 4 aliphatic rings. The summed E-state index contributed by atoms with van der Waals surface area (Å²) in [6.07, 6.45) is 2.81. The van der Waals surface area contributed by atoms with E-state index in [1.54, 1.807) is 0 Å². The second-order valence-corrected chi connectivity index (χ2v) is 14.6. The lowest BCUT2D eigenvalue weighted by Gasteiger charge is -2.49. The SMILES string of the molecule is O=C(NS(=O)(=O)C1CC1)c1cc(C2CC2)c(OC[C@@H]2C[C@H]3CCC[C@@H](C2)N3Cc2cc(C(F)(F)F)ccc2Cl)cc1F. The van der Waals surface area contributed by atoms with Crippen LogP contribution in [0.1, 0.15) is 90.8 Å². The van der Waals surface area contributed by atoms with Crippen molar-refractivity contribution in [2.24, 2.45) is 5.92 Å². The molecule has 2 aliphatic heterocycles. The van der Waals surface area contributed by atoms with Gasteiger partial charge in [-0.1, -0.05) is 18.0 Å². The predicted octanol–water partition coefficient (Wildman–Crippen LogP) is 6.81. The largest absolute Gasteiger partial charge is 0.493 e. The van der Waals surface area contributed by atoms with Crippen LogP contribution in [0.5, 0.6) is 5.75 Å². The molecule has 1 amide bonds. The second kappa shape index (κ2) is 11.3. The zero-order valence-electron chi connectivity index (χ0n) is 22.9. The Morgan fingerprint density at radius 1 is 1.02 bits per heavy atom. The van der Waals surface area contributed by atoms with Crippen molar-refractivity contribution in [3.8, 4) is 5.75 Å². The number of rotatable bonds is 9. The molecule has 3 atom stereocenters. The monoisotopic (exact) mass is 628 g/mol. The van der Waals surface area contributed by atoms with E-state index in [0.717, 1.165) is 57.1 Å². The average molecular weight is 629 g/mol. The van der Waals surface area contributed by atoms with Gasteiger partial charge < -0.3 is 4.74 Å². The van der Waals surface area contributed by atoms with Crippen LogP contribution in [0.25, 0.3) is 0 Å². The highest BCUT2D eigenvalue weighted by atomic mass is 35.5. The normalized spacial score (nSPS) is 24.8. The van der Waals surface area contributed by atoms with Crippen LogP contribution in [0.2, 0.25) is 5.02 Å². The van der Waals surface area contributed by atoms with Crippen LogP contribution < -0.4 is 9.46 Å². The van der Waals surface area contributed by atoms with Gasteiger partial charge in [0, 0.05) is 29.7 Å². The van der Waals surface area contributed by atoms with E-state index < -0.39 is 38.7 Å². The van der Waals surface area contributed by atoms with Gasteiger partial charge >= 0.3 is 6.18 Å². The van der Waals surface area contributed by atoms with Gasteiger partial charge in [-0.05, 0) is 98.6 Å². The highest BCUT2D eigenvalue weighted by molar-refractivity contribution is 7.91. The van der Waals surface area contributed by atoms with E-state index in [2.05, 4.69) is 4.90 Å². The van der Waals surface area contributed by atoms with Crippen molar-refractivity contribution in [3.05, 3.63) is 63.4 Å². The number of hydrogen-bond donors (Lipinski definition) is 1. The zero-order chi connectivity index (χ0) is 29.8. The molecule has 12 heteroatoms. The molecule has 4 fully saturated rings. The molecule has 2 heterocycles. The van der Waals surface area contributed by atoms with E-state index in [1.165, 1.54) is 18.2 Å². The van der Waals surface area contributed by atoms with Crippen LogP contribution in [0, 0.1) is 11.7 Å². The quantitative estimate of drug-likeness (QED) is 0.309. The van der Waals surface area contributed by atoms with Crippen LogP contribution in [-0.2, 0) is 22.7 Å². The fraction of sp³-hybridized carbons (Fsp3) is 0.567. The topological polar surface area (TPSA) is 75.7 Å². The number of alkyl halides is 3. The number of ether oxygens (including phenoxy) is 1. The van der Waals surface area contributed by atoms with E-state index in [4.69, 9.17) is 16.3 Å². The summed E-state index contributed by atoms with van der Waals surface area (Å²) < 4.78 is 87.6. The Balaban J connectivity index is 1.13. The summed E-state index contributed by atoms with van der Waals surface area (Å²) in [4.78, 5) is 14.9. The molecule has 0 aromatic heterocycles. The van der Waals surface area contributed by atoms with Gasteiger partial charge in [0.05, 0.1) is 23.0 Å². The van der Waals surface area contributed by atoms with Gasteiger partial charge in [0.15, 0.2) is 0 Å². The summed E-state index contributed by atoms with van der Waals surface area (Å²) in [5.41, 5.74) is 0.172. The van der Waals surface area contributed by atoms with Crippen molar-refractivity contribution < 1.29 is 35.5 Å². The maximum atomic E-state index is 15.1. The molecule has 2 aromatic rings. The molecule has 0 unspecified atom stereocenters. The van der Waals surface area contributed by atoms with Gasteiger partial charge in [0.2, 0.25) is 10.0 Å². The lowest BCUT2D eigenvalue weighted by Crippen LogP contribution is -2.52. The molecule has 2 saturated carbocycles. The molecule has 228 valence electrons. The Bertz CT molecular complexity index is 1460. The molecule has 2 bridgehead atoms. The summed E-state index contributed by atoms with van der Waals surface area (Å²) in [6, 6.07) is 6.43. The third-order valence-corrected chi connectivity index (χ3v) is 11.2. The Labute approximate surface area is 247 Å². The molecule has 2 aromatic carbocycles. The Kier molecular flexibility index (Phi) is 7.98. The standard InChI is InChI=1S/C30H33ClF4N2O4S/c31-26-9-6-20(30(33,34)35)12-19(26)15-37-21-2-1-3-22(37)11-17(10-21)16-41-28-14-27(32)25(13-24(28)18-4-5-18)29(38)36-42(39,40)23-7-8-23/h6,9,12-14,17-18,21-23H,1-5,7-8,10-11,15-16H2,(H,36,38)/t17-,21-,22+. The summed E-state index contributed by atoms with van der Waals surface area (Å²) in [7, 11) is -3.81. The number of piperidine rings is 2. The van der Waals surface area contributed by atoms with Gasteiger partial charge in [-0.2, -0.15) is 13.2 Å². The van der Waals surface area contributed by atoms with Crippen molar-refractivity contribution >= 4 is 27.5 Å². The van der Waals surface area contributed by atoms with Crippen molar-refractivity contribution in [3.63, 3.8) is 0 Å². The molecule has 42 heavy (non-hydrogen) atoms. The van der Waals surface area contributed by atoms with Gasteiger partial charge in [-0.15, -0.1) is 0 Å². The molecule has 6 nitrogen and oxygen atoms in total. The first-order valence-electron chi connectivity index (χ1n) is 14.5. The molecular formula is C30H33ClF4N2O4S. The Hall–Kier alpha value is -2.37. The van der Waals surface area contributed by atoms with Crippen LogP contribution >= 0.6 is 11.6 Å². The molecule has 0 radical (unpaired) electrons. The van der Waals surface area contributed by atoms with Gasteiger partial charge in [0.1, 0.15) is 11.6 Å². The van der Waals surface area contributed by atoms with Crippen LogP contribution in [0.15, 0.2) is 30.3 Å². The summed E-state index contributed by atoms with van der Waals surface area (Å²) in [5.74, 6) is -1.11. The van der Waals surface area contributed by atoms with E-state index in [0.29, 0.717) is 47.9 Å². The first-order valence-corrected chi connectivity index (χ1v) is 16.4. The van der Waals surface area contributed by atoms with Crippen molar-refractivity contribution in [1.82, 2.24) is 9.62 Å². The molecular weight excluding hydrogens is 596 g/mol. The Morgan fingerprint density at radius 3 is 2.33 bits per heavy atom. The van der Waals surface area contributed by atoms with Crippen molar-refractivity contribution in [1.29, 1.82) is 0 Å². The number of carbonyl (C=O) groups is 1. The maximum absolute atomic E-state index is 15.1. The number of halogens is 5. The summed E-state index contributed by atoms with van der Waals surface area (Å²) in [5, 5.41) is -0.272. The smallest absolute Gasteiger partial charge is 0.416 e. The number of sulfonamides is 1. The van der Waals surface area contributed by atoms with Gasteiger partial charge in [0.25, 0.3) is 5.91 Å². The zero-order valence-corrected chi connectivity index (χ0v) is 24.5. The lowest BCUT2D eigenvalue weighted by atomic mass is 9.78. The third kappa shape index (κ3) is 6.43. The molecule has 1 N–H and O–H groups in total. The minimum Gasteiger partial charge on any atom is -0.493 e. The van der Waals surface area contributed by atoms with Crippen LogP contribution in [0.4, 0.5) is 17.6 Å². The molecule has 2 saturated heterocycles. The van der Waals surface area contributed by atoms with E-state index in [-0.39, 0.29) is 29.5 Å². The minimum absolute atomic E-state index is 0.130. The number of fused-ring (bicyclic) bond motifs is 2. The van der Waals surface area contributed by atoms with Crippen LogP contribution in [0.3, 0.4) is 0 Å². The lowest BCUT2D eigenvalue weighted by molar-refractivity contribution is -0.137. The maximum Gasteiger partial charge on any atom is 0.416 e. The number of benzene rings is 2. The third-order valence-electron chi connectivity index (χ3n) is 8.98. The van der Waals surface area contributed by atoms with Crippen molar-refractivity contribution in [2.45, 2.75) is 93.8 Å².